The highest BCUT2D eigenvalue weighted by atomic mass is 32.1. The predicted octanol–water partition coefficient (Wildman–Crippen LogP) is 0.611. The summed E-state index contributed by atoms with van der Waals surface area (Å²) in [5.74, 6) is 0. The summed E-state index contributed by atoms with van der Waals surface area (Å²) in [5.41, 5.74) is 0.0517. The predicted molar refractivity (Wildman–Crippen MR) is 59.9 cm³/mol. The van der Waals surface area contributed by atoms with Crippen LogP contribution in [0.25, 0.3) is 0 Å². The molecule has 0 saturated carbocycles. The molecule has 3 N–H and O–H groups in total. The largest absolute Gasteiger partial charge is 0.359 e. The Morgan fingerprint density at radius 3 is 2.62 bits per heavy atom. The topological polar surface area (TPSA) is 36.1 Å². The average molecular weight is 201 g/mol. The summed E-state index contributed by atoms with van der Waals surface area (Å²) in [4.78, 5) is 0. The van der Waals surface area contributed by atoms with Crippen molar-refractivity contribution in [2.24, 2.45) is 0 Å². The monoisotopic (exact) mass is 201 g/mol. The lowest BCUT2D eigenvalue weighted by atomic mass is 10.1. The van der Waals surface area contributed by atoms with Gasteiger partial charge >= 0.3 is 0 Å². The van der Waals surface area contributed by atoms with Crippen molar-refractivity contribution in [1.29, 1.82) is 0 Å². The van der Waals surface area contributed by atoms with Gasteiger partial charge in [-0.05, 0) is 46.0 Å². The second-order valence-electron chi connectivity index (χ2n) is 4.54. The number of hydrogen-bond acceptors (Lipinski definition) is 2. The smallest absolute Gasteiger partial charge is 0.166 e. The molecule has 76 valence electrons. The minimum absolute atomic E-state index is 0.0517. The molecule has 13 heavy (non-hydrogen) atoms. The van der Waals surface area contributed by atoms with E-state index in [1.165, 1.54) is 0 Å². The van der Waals surface area contributed by atoms with Gasteiger partial charge in [-0.1, -0.05) is 0 Å². The first-order valence-electron chi connectivity index (χ1n) is 4.77. The third-order valence-electron chi connectivity index (χ3n) is 1.88. The molecule has 0 spiro atoms. The molecule has 0 aromatic carbocycles. The lowest BCUT2D eigenvalue weighted by molar-refractivity contribution is 0.500. The van der Waals surface area contributed by atoms with Gasteiger partial charge in [0.15, 0.2) is 5.11 Å². The zero-order valence-electron chi connectivity index (χ0n) is 8.61. The number of hydrogen-bond donors (Lipinski definition) is 3. The summed E-state index contributed by atoms with van der Waals surface area (Å²) in [6.45, 7) is 8.43. The van der Waals surface area contributed by atoms with Gasteiger partial charge < -0.3 is 16.0 Å². The number of rotatable bonds is 1. The van der Waals surface area contributed by atoms with E-state index in [2.05, 4.69) is 36.7 Å². The molecule has 1 rings (SSSR count). The van der Waals surface area contributed by atoms with Gasteiger partial charge in [-0.3, -0.25) is 0 Å². The second kappa shape index (κ2) is 4.24. The van der Waals surface area contributed by atoms with Crippen LogP contribution in [-0.2, 0) is 0 Å². The molecule has 1 heterocycles. The molecule has 1 fully saturated rings. The fourth-order valence-corrected chi connectivity index (χ4v) is 1.81. The third kappa shape index (κ3) is 4.43. The Labute approximate surface area is 85.7 Å². The van der Waals surface area contributed by atoms with Gasteiger partial charge in [-0.15, -0.1) is 0 Å². The van der Waals surface area contributed by atoms with Gasteiger partial charge in [0.1, 0.15) is 0 Å². The molecule has 0 aromatic rings. The van der Waals surface area contributed by atoms with Crippen molar-refractivity contribution in [3.63, 3.8) is 0 Å². The first-order valence-corrected chi connectivity index (χ1v) is 5.17. The molecule has 3 nitrogen and oxygen atoms in total. The summed E-state index contributed by atoms with van der Waals surface area (Å²) in [6, 6.07) is 0.502. The molecule has 1 saturated heterocycles. The highest BCUT2D eigenvalue weighted by molar-refractivity contribution is 7.80. The van der Waals surface area contributed by atoms with Crippen LogP contribution in [0, 0.1) is 0 Å². The quantitative estimate of drug-likeness (QED) is 0.543. The Bertz CT molecular complexity index is 180. The van der Waals surface area contributed by atoms with Crippen LogP contribution in [0.1, 0.15) is 27.2 Å². The van der Waals surface area contributed by atoms with E-state index in [0.29, 0.717) is 6.04 Å². The Morgan fingerprint density at radius 1 is 1.46 bits per heavy atom. The van der Waals surface area contributed by atoms with Crippen LogP contribution in [0.5, 0.6) is 0 Å². The average Bonchev–Trinajstić information content (AvgIpc) is 2.34. The maximum atomic E-state index is 5.19. The van der Waals surface area contributed by atoms with Crippen LogP contribution in [-0.4, -0.2) is 29.8 Å². The van der Waals surface area contributed by atoms with E-state index in [0.717, 1.165) is 24.6 Å². The minimum Gasteiger partial charge on any atom is -0.359 e. The molecule has 1 aliphatic heterocycles. The first kappa shape index (κ1) is 10.7. The van der Waals surface area contributed by atoms with Crippen molar-refractivity contribution < 1.29 is 0 Å². The van der Waals surface area contributed by atoms with Crippen LogP contribution in [0.4, 0.5) is 0 Å². The standard InChI is InChI=1S/C9H19N3S/c1-9(2,3)12-8(13)11-7-4-5-10-6-7/h7,10H,4-6H2,1-3H3,(H2,11,12,13)/t7-/m1/s1. The van der Waals surface area contributed by atoms with Gasteiger partial charge in [0, 0.05) is 18.1 Å². The van der Waals surface area contributed by atoms with Crippen molar-refractivity contribution in [2.75, 3.05) is 13.1 Å². The Morgan fingerprint density at radius 2 is 2.15 bits per heavy atom. The van der Waals surface area contributed by atoms with Gasteiger partial charge in [-0.25, -0.2) is 0 Å². The zero-order chi connectivity index (χ0) is 9.90. The van der Waals surface area contributed by atoms with E-state index < -0.39 is 0 Å². The number of nitrogens with one attached hydrogen (secondary N) is 3. The van der Waals surface area contributed by atoms with Gasteiger partial charge in [0.25, 0.3) is 0 Å². The van der Waals surface area contributed by atoms with E-state index in [1.54, 1.807) is 0 Å². The molecule has 0 aromatic heterocycles. The van der Waals surface area contributed by atoms with Crippen LogP contribution >= 0.6 is 12.2 Å². The Kier molecular flexibility index (Phi) is 3.50. The summed E-state index contributed by atoms with van der Waals surface area (Å²) in [5, 5.41) is 10.6. The maximum absolute atomic E-state index is 5.19. The second-order valence-corrected chi connectivity index (χ2v) is 4.95. The van der Waals surface area contributed by atoms with Crippen molar-refractivity contribution in [1.82, 2.24) is 16.0 Å². The van der Waals surface area contributed by atoms with E-state index >= 15 is 0 Å². The SMILES string of the molecule is CC(C)(C)NC(=S)N[C@@H]1CCNC1. The summed E-state index contributed by atoms with van der Waals surface area (Å²) >= 11 is 5.19. The Balaban J connectivity index is 2.24. The van der Waals surface area contributed by atoms with Crippen molar-refractivity contribution in [3.8, 4) is 0 Å². The summed E-state index contributed by atoms with van der Waals surface area (Å²) < 4.78 is 0. The van der Waals surface area contributed by atoms with Crippen molar-refractivity contribution >= 4 is 17.3 Å². The highest BCUT2D eigenvalue weighted by Crippen LogP contribution is 2.00. The summed E-state index contributed by atoms with van der Waals surface area (Å²) in [6.07, 6.45) is 1.16. The molecule has 1 atom stereocenters. The molecule has 0 radical (unpaired) electrons. The van der Waals surface area contributed by atoms with Crippen LogP contribution in [0.3, 0.4) is 0 Å². The maximum Gasteiger partial charge on any atom is 0.166 e. The van der Waals surface area contributed by atoms with Crippen LogP contribution < -0.4 is 16.0 Å². The fraction of sp³-hybridized carbons (Fsp3) is 0.889. The first-order chi connectivity index (χ1) is 5.97. The number of thiocarbonyl (C=S) groups is 1. The van der Waals surface area contributed by atoms with E-state index in [1.807, 2.05) is 0 Å². The normalized spacial score (nSPS) is 22.8. The third-order valence-corrected chi connectivity index (χ3v) is 2.10. The zero-order valence-corrected chi connectivity index (χ0v) is 9.42. The molecule has 0 aliphatic carbocycles. The Hall–Kier alpha value is -0.350. The van der Waals surface area contributed by atoms with Crippen LogP contribution in [0.15, 0.2) is 0 Å². The van der Waals surface area contributed by atoms with E-state index in [9.17, 15) is 0 Å². The molecular formula is C9H19N3S. The lowest BCUT2D eigenvalue weighted by Crippen LogP contribution is -2.49. The van der Waals surface area contributed by atoms with Crippen LogP contribution in [0.2, 0.25) is 0 Å². The lowest BCUT2D eigenvalue weighted by Gasteiger charge is -2.24. The van der Waals surface area contributed by atoms with Gasteiger partial charge in [0.2, 0.25) is 0 Å². The van der Waals surface area contributed by atoms with Crippen molar-refractivity contribution in [2.45, 2.75) is 38.8 Å². The van der Waals surface area contributed by atoms with E-state index in [4.69, 9.17) is 12.2 Å². The van der Waals surface area contributed by atoms with Gasteiger partial charge in [-0.2, -0.15) is 0 Å². The molecule has 0 amide bonds. The molecule has 0 bridgehead atoms. The molecular weight excluding hydrogens is 182 g/mol. The fourth-order valence-electron chi connectivity index (χ4n) is 1.34. The summed E-state index contributed by atoms with van der Waals surface area (Å²) in [7, 11) is 0. The molecule has 4 heteroatoms. The molecule has 0 unspecified atom stereocenters. The minimum atomic E-state index is 0.0517. The van der Waals surface area contributed by atoms with E-state index in [-0.39, 0.29) is 5.54 Å². The van der Waals surface area contributed by atoms with Gasteiger partial charge in [0.05, 0.1) is 0 Å². The highest BCUT2D eigenvalue weighted by Gasteiger charge is 2.17. The van der Waals surface area contributed by atoms with Crippen molar-refractivity contribution in [3.05, 3.63) is 0 Å². The molecule has 1 aliphatic rings.